The smallest absolute Gasteiger partial charge is 0.261 e. The molecule has 3 rings (SSSR count). The van der Waals surface area contributed by atoms with Gasteiger partial charge in [-0.25, -0.2) is 4.98 Å². The first-order valence-electron chi connectivity index (χ1n) is 10.7. The van der Waals surface area contributed by atoms with E-state index in [0.717, 1.165) is 18.4 Å². The van der Waals surface area contributed by atoms with Crippen LogP contribution in [0, 0.1) is 0 Å². The fourth-order valence-corrected chi connectivity index (χ4v) is 3.80. The van der Waals surface area contributed by atoms with Gasteiger partial charge in [-0.2, -0.15) is 0 Å². The van der Waals surface area contributed by atoms with Crippen LogP contribution in [0.3, 0.4) is 0 Å². The van der Waals surface area contributed by atoms with E-state index < -0.39 is 0 Å². The van der Waals surface area contributed by atoms with Crippen molar-refractivity contribution in [1.82, 2.24) is 14.5 Å². The maximum Gasteiger partial charge on any atom is 0.261 e. The summed E-state index contributed by atoms with van der Waals surface area (Å²) < 4.78 is 1.64. The first kappa shape index (κ1) is 22.8. The molecule has 0 radical (unpaired) electrons. The minimum atomic E-state index is -0.354. The van der Waals surface area contributed by atoms with Crippen LogP contribution < -0.4 is 5.56 Å². The van der Waals surface area contributed by atoms with Gasteiger partial charge >= 0.3 is 0 Å². The van der Waals surface area contributed by atoms with Gasteiger partial charge in [0, 0.05) is 24.2 Å². The van der Waals surface area contributed by atoms with Crippen LogP contribution in [0.15, 0.2) is 59.4 Å². The number of halogens is 1. The minimum absolute atomic E-state index is 0.0992. The van der Waals surface area contributed by atoms with Crippen LogP contribution in [0.4, 0.5) is 0 Å². The van der Waals surface area contributed by atoms with E-state index in [9.17, 15) is 9.59 Å². The third kappa shape index (κ3) is 5.23. The van der Waals surface area contributed by atoms with Crippen molar-refractivity contribution < 1.29 is 4.79 Å². The summed E-state index contributed by atoms with van der Waals surface area (Å²) in [7, 11) is 0. The highest BCUT2D eigenvalue weighted by Crippen LogP contribution is 2.23. The number of aromatic nitrogens is 2. The summed E-state index contributed by atoms with van der Waals surface area (Å²) in [6, 6.07) is 14.5. The highest BCUT2D eigenvalue weighted by atomic mass is 35.5. The molecule has 0 spiro atoms. The Kier molecular flexibility index (Phi) is 7.64. The molecule has 0 saturated carbocycles. The number of amides is 1. The lowest BCUT2D eigenvalue weighted by Gasteiger charge is -2.29. The van der Waals surface area contributed by atoms with Crippen molar-refractivity contribution in [2.45, 2.75) is 46.2 Å². The Labute approximate surface area is 188 Å². The fourth-order valence-electron chi connectivity index (χ4n) is 3.62. The Morgan fingerprint density at radius 3 is 2.61 bits per heavy atom. The normalized spacial score (nSPS) is 12.4. The van der Waals surface area contributed by atoms with Crippen molar-refractivity contribution in [1.29, 1.82) is 0 Å². The summed E-state index contributed by atoms with van der Waals surface area (Å²) in [5.41, 5.74) is 1.41. The zero-order valence-electron chi connectivity index (χ0n) is 18.2. The topological polar surface area (TPSA) is 55.2 Å². The molecule has 1 unspecified atom stereocenters. The van der Waals surface area contributed by atoms with E-state index in [4.69, 9.17) is 16.6 Å². The number of hydrogen-bond donors (Lipinski definition) is 0. The molecule has 0 aliphatic heterocycles. The van der Waals surface area contributed by atoms with E-state index in [2.05, 4.69) is 6.92 Å². The Bertz CT molecular complexity index is 1140. The van der Waals surface area contributed by atoms with Gasteiger partial charge in [0.2, 0.25) is 5.91 Å². The van der Waals surface area contributed by atoms with Crippen LogP contribution in [0.25, 0.3) is 17.0 Å². The van der Waals surface area contributed by atoms with Gasteiger partial charge in [0.25, 0.3) is 5.56 Å². The maximum atomic E-state index is 13.1. The summed E-state index contributed by atoms with van der Waals surface area (Å²) in [4.78, 5) is 32.8. The lowest BCUT2D eigenvalue weighted by atomic mass is 10.1. The zero-order chi connectivity index (χ0) is 22.4. The Morgan fingerprint density at radius 1 is 1.19 bits per heavy atom. The molecule has 0 fully saturated rings. The zero-order valence-corrected chi connectivity index (χ0v) is 19.0. The molecule has 162 valence electrons. The molecule has 1 heterocycles. The molecule has 0 bridgehead atoms. The first-order valence-corrected chi connectivity index (χ1v) is 11.1. The van der Waals surface area contributed by atoms with E-state index in [0.29, 0.717) is 34.8 Å². The largest absolute Gasteiger partial charge is 0.329 e. The molecule has 0 N–H and O–H groups in total. The Morgan fingerprint density at radius 2 is 1.94 bits per heavy atom. The fraction of sp³-hybridized carbons (Fsp3) is 0.320. The number of fused-ring (bicyclic) bond motifs is 1. The van der Waals surface area contributed by atoms with Crippen LogP contribution >= 0.6 is 11.6 Å². The molecule has 31 heavy (non-hydrogen) atoms. The van der Waals surface area contributed by atoms with Crippen molar-refractivity contribution in [3.63, 3.8) is 0 Å². The highest BCUT2D eigenvalue weighted by molar-refractivity contribution is 6.31. The van der Waals surface area contributed by atoms with Crippen molar-refractivity contribution in [2.24, 2.45) is 0 Å². The van der Waals surface area contributed by atoms with Crippen molar-refractivity contribution >= 4 is 34.5 Å². The van der Waals surface area contributed by atoms with E-state index in [1.165, 1.54) is 0 Å². The van der Waals surface area contributed by atoms with Crippen LogP contribution in [0.2, 0.25) is 5.02 Å². The summed E-state index contributed by atoms with van der Waals surface area (Å²) in [5.74, 6) is 0.484. The molecule has 5 nitrogen and oxygen atoms in total. The van der Waals surface area contributed by atoms with Gasteiger partial charge in [0.15, 0.2) is 0 Å². The SMILES string of the molecule is CCCCN(C(=O)/C=C/c1ccccc1)C(C)c1nc2ccc(Cl)cc2c(=O)n1CC. The Hall–Kier alpha value is -2.92. The molecular weight excluding hydrogens is 410 g/mol. The monoisotopic (exact) mass is 437 g/mol. The maximum absolute atomic E-state index is 13.1. The molecular formula is C25H28ClN3O2. The third-order valence-electron chi connectivity index (χ3n) is 5.36. The second kappa shape index (κ2) is 10.4. The molecule has 0 aliphatic carbocycles. The molecule has 1 aromatic heterocycles. The lowest BCUT2D eigenvalue weighted by molar-refractivity contribution is -0.128. The van der Waals surface area contributed by atoms with Gasteiger partial charge in [0.05, 0.1) is 16.9 Å². The summed E-state index contributed by atoms with van der Waals surface area (Å²) in [6.45, 7) is 6.98. The van der Waals surface area contributed by atoms with Crippen LogP contribution in [0.5, 0.6) is 0 Å². The predicted octanol–water partition coefficient (Wildman–Crippen LogP) is 5.47. The molecule has 0 saturated heterocycles. The van der Waals surface area contributed by atoms with Gasteiger partial charge < -0.3 is 4.90 Å². The van der Waals surface area contributed by atoms with Crippen LogP contribution in [-0.4, -0.2) is 26.9 Å². The summed E-state index contributed by atoms with van der Waals surface area (Å²) in [6.07, 6.45) is 5.24. The second-order valence-electron chi connectivity index (χ2n) is 7.49. The standard InChI is InChI=1S/C25H28ClN3O2/c1-4-6-16-29(23(30)15-12-19-10-8-7-9-11-19)18(3)24-27-22-14-13-20(26)17-21(22)25(31)28(24)5-2/h7-15,17-18H,4-6,16H2,1-3H3/b15-12+. The lowest BCUT2D eigenvalue weighted by Crippen LogP contribution is -2.37. The highest BCUT2D eigenvalue weighted by Gasteiger charge is 2.24. The van der Waals surface area contributed by atoms with Gasteiger partial charge in [-0.15, -0.1) is 0 Å². The number of nitrogens with zero attached hydrogens (tertiary/aromatic N) is 3. The number of hydrogen-bond acceptors (Lipinski definition) is 3. The minimum Gasteiger partial charge on any atom is -0.329 e. The summed E-state index contributed by atoms with van der Waals surface area (Å²) >= 11 is 6.09. The van der Waals surface area contributed by atoms with Crippen molar-refractivity contribution in [3.05, 3.63) is 81.4 Å². The molecule has 1 amide bonds. The molecule has 6 heteroatoms. The number of carbonyl (C=O) groups excluding carboxylic acids is 1. The number of carbonyl (C=O) groups is 1. The van der Waals surface area contributed by atoms with Gasteiger partial charge in [-0.1, -0.05) is 55.3 Å². The molecule has 2 aromatic carbocycles. The average Bonchev–Trinajstić information content (AvgIpc) is 2.78. The van der Waals surface area contributed by atoms with Gasteiger partial charge in [-0.05, 0) is 50.1 Å². The quantitative estimate of drug-likeness (QED) is 0.439. The van der Waals surface area contributed by atoms with Gasteiger partial charge in [0.1, 0.15) is 5.82 Å². The number of unbranched alkanes of at least 4 members (excludes halogenated alkanes) is 1. The number of benzene rings is 2. The van der Waals surface area contributed by atoms with Gasteiger partial charge in [-0.3, -0.25) is 14.2 Å². The van der Waals surface area contributed by atoms with E-state index in [-0.39, 0.29) is 17.5 Å². The van der Waals surface area contributed by atoms with Crippen LogP contribution in [0.1, 0.15) is 51.0 Å². The van der Waals surface area contributed by atoms with E-state index in [1.807, 2.05) is 50.3 Å². The first-order chi connectivity index (χ1) is 15.0. The van der Waals surface area contributed by atoms with Crippen LogP contribution in [-0.2, 0) is 11.3 Å². The Balaban J connectivity index is 2.01. The van der Waals surface area contributed by atoms with E-state index >= 15 is 0 Å². The molecule has 0 aliphatic rings. The summed E-state index contributed by atoms with van der Waals surface area (Å²) in [5, 5.41) is 0.987. The second-order valence-corrected chi connectivity index (χ2v) is 7.92. The van der Waals surface area contributed by atoms with Crippen molar-refractivity contribution in [2.75, 3.05) is 6.54 Å². The van der Waals surface area contributed by atoms with Crippen molar-refractivity contribution in [3.8, 4) is 0 Å². The van der Waals surface area contributed by atoms with E-state index in [1.54, 1.807) is 33.7 Å². The number of rotatable bonds is 8. The molecule has 1 atom stereocenters. The average molecular weight is 438 g/mol. The molecule has 3 aromatic rings. The third-order valence-corrected chi connectivity index (χ3v) is 5.59. The predicted molar refractivity (Wildman–Crippen MR) is 127 cm³/mol.